The van der Waals surface area contributed by atoms with Crippen molar-refractivity contribution in [3.05, 3.63) is 166 Å². The summed E-state index contributed by atoms with van der Waals surface area (Å²) in [4.78, 5) is 0. The number of furan rings is 1. The van der Waals surface area contributed by atoms with Crippen molar-refractivity contribution in [2.24, 2.45) is 0 Å². The highest BCUT2D eigenvalue weighted by atomic mass is 16.3. The molecule has 2 aliphatic carbocycles. The van der Waals surface area contributed by atoms with Crippen LogP contribution in [0.25, 0.3) is 44.2 Å². The van der Waals surface area contributed by atoms with Crippen LogP contribution in [0.3, 0.4) is 0 Å². The second-order valence-corrected chi connectivity index (χ2v) is 13.7. The zero-order valence-electron chi connectivity index (χ0n) is 25.6. The standard InChI is InChI=1S/C43H34O/c1-42(2)35-16-10-8-14-29(35)31-20-18-28(23-37(31)42)41(26-12-6-5-7-13-26)27-19-21-39-33(22-27)34-24-32-30-15-9-11-17-36(30)43(3,4)38(32)25-40(34)44-39/h5-25,41H,1-4H3. The Hall–Kier alpha value is -4.88. The van der Waals surface area contributed by atoms with Crippen LogP contribution in [0.2, 0.25) is 0 Å². The number of benzene rings is 6. The van der Waals surface area contributed by atoms with Crippen LogP contribution in [-0.4, -0.2) is 0 Å². The van der Waals surface area contributed by atoms with Crippen LogP contribution in [0.1, 0.15) is 72.6 Å². The molecular formula is C43H34O. The van der Waals surface area contributed by atoms with Crippen LogP contribution >= 0.6 is 0 Å². The van der Waals surface area contributed by atoms with Gasteiger partial charge in [0.1, 0.15) is 11.2 Å². The Morgan fingerprint density at radius 2 is 0.955 bits per heavy atom. The fraction of sp³-hybridized carbons (Fsp3) is 0.163. The predicted molar refractivity (Wildman–Crippen MR) is 183 cm³/mol. The van der Waals surface area contributed by atoms with E-state index in [9.17, 15) is 0 Å². The fourth-order valence-corrected chi connectivity index (χ4v) is 8.29. The van der Waals surface area contributed by atoms with E-state index in [1.165, 1.54) is 72.0 Å². The van der Waals surface area contributed by atoms with Crippen molar-refractivity contribution in [3.63, 3.8) is 0 Å². The summed E-state index contributed by atoms with van der Waals surface area (Å²) < 4.78 is 6.54. The minimum atomic E-state index is -0.0519. The normalized spacial score (nSPS) is 16.0. The predicted octanol–water partition coefficient (Wildman–Crippen LogP) is 11.4. The molecule has 1 heterocycles. The van der Waals surface area contributed by atoms with Crippen LogP contribution in [-0.2, 0) is 10.8 Å². The van der Waals surface area contributed by atoms with Gasteiger partial charge in [-0.3, -0.25) is 0 Å². The van der Waals surface area contributed by atoms with Gasteiger partial charge in [0.05, 0.1) is 0 Å². The molecule has 212 valence electrons. The smallest absolute Gasteiger partial charge is 0.135 e. The van der Waals surface area contributed by atoms with Gasteiger partial charge in [-0.25, -0.2) is 0 Å². The molecule has 1 atom stereocenters. The van der Waals surface area contributed by atoms with Gasteiger partial charge in [-0.05, 0) is 85.5 Å². The third-order valence-corrected chi connectivity index (χ3v) is 10.6. The second-order valence-electron chi connectivity index (χ2n) is 13.7. The molecule has 0 bridgehead atoms. The van der Waals surface area contributed by atoms with Crippen molar-refractivity contribution in [2.45, 2.75) is 44.4 Å². The zero-order chi connectivity index (χ0) is 29.8. The lowest BCUT2D eigenvalue weighted by atomic mass is 9.79. The molecule has 44 heavy (non-hydrogen) atoms. The van der Waals surface area contributed by atoms with Gasteiger partial charge in [0.2, 0.25) is 0 Å². The summed E-state index contributed by atoms with van der Waals surface area (Å²) in [6.45, 7) is 9.37. The first kappa shape index (κ1) is 25.6. The highest BCUT2D eigenvalue weighted by molar-refractivity contribution is 6.08. The molecule has 1 heteroatoms. The number of fused-ring (bicyclic) bond motifs is 9. The maximum Gasteiger partial charge on any atom is 0.135 e. The van der Waals surface area contributed by atoms with Crippen molar-refractivity contribution in [2.75, 3.05) is 0 Å². The molecule has 6 aromatic carbocycles. The van der Waals surface area contributed by atoms with Crippen LogP contribution in [0, 0.1) is 0 Å². The summed E-state index contributed by atoms with van der Waals surface area (Å²) >= 11 is 0. The fourth-order valence-electron chi connectivity index (χ4n) is 8.29. The monoisotopic (exact) mass is 566 g/mol. The third-order valence-electron chi connectivity index (χ3n) is 10.6. The molecule has 0 fully saturated rings. The average molecular weight is 567 g/mol. The van der Waals surface area contributed by atoms with Gasteiger partial charge in [-0.1, -0.05) is 131 Å². The largest absolute Gasteiger partial charge is 0.456 e. The van der Waals surface area contributed by atoms with Crippen molar-refractivity contribution < 1.29 is 4.42 Å². The average Bonchev–Trinajstić information content (AvgIpc) is 3.60. The topological polar surface area (TPSA) is 13.1 Å². The highest BCUT2D eigenvalue weighted by Gasteiger charge is 2.37. The van der Waals surface area contributed by atoms with Crippen molar-refractivity contribution in [3.8, 4) is 22.3 Å². The zero-order valence-corrected chi connectivity index (χ0v) is 25.6. The minimum absolute atomic E-state index is 0.0433. The molecule has 0 spiro atoms. The minimum Gasteiger partial charge on any atom is -0.456 e. The lowest BCUT2D eigenvalue weighted by molar-refractivity contribution is 0.647. The van der Waals surface area contributed by atoms with Gasteiger partial charge in [0.25, 0.3) is 0 Å². The van der Waals surface area contributed by atoms with E-state index < -0.39 is 0 Å². The Morgan fingerprint density at radius 1 is 0.409 bits per heavy atom. The molecular weight excluding hydrogens is 532 g/mol. The molecule has 0 N–H and O–H groups in total. The molecule has 1 aromatic heterocycles. The third kappa shape index (κ3) is 3.41. The van der Waals surface area contributed by atoms with Gasteiger partial charge in [0.15, 0.2) is 0 Å². The van der Waals surface area contributed by atoms with Gasteiger partial charge in [-0.2, -0.15) is 0 Å². The molecule has 0 saturated carbocycles. The molecule has 9 rings (SSSR count). The summed E-state index contributed by atoms with van der Waals surface area (Å²) in [6, 6.07) is 47.3. The van der Waals surface area contributed by atoms with E-state index in [4.69, 9.17) is 4.42 Å². The number of hydrogen-bond donors (Lipinski definition) is 0. The molecule has 1 nitrogen and oxygen atoms in total. The van der Waals surface area contributed by atoms with Crippen molar-refractivity contribution >= 4 is 21.9 Å². The van der Waals surface area contributed by atoms with Crippen LogP contribution in [0.4, 0.5) is 0 Å². The van der Waals surface area contributed by atoms with E-state index in [1.807, 2.05) is 0 Å². The Labute approximate surface area is 258 Å². The van der Waals surface area contributed by atoms with Crippen LogP contribution < -0.4 is 0 Å². The maximum absolute atomic E-state index is 6.54. The van der Waals surface area contributed by atoms with Gasteiger partial charge < -0.3 is 4.42 Å². The molecule has 7 aromatic rings. The van der Waals surface area contributed by atoms with E-state index in [1.54, 1.807) is 0 Å². The molecule has 0 amide bonds. The van der Waals surface area contributed by atoms with E-state index in [0.717, 1.165) is 11.2 Å². The van der Waals surface area contributed by atoms with Gasteiger partial charge in [-0.15, -0.1) is 0 Å². The van der Waals surface area contributed by atoms with Crippen LogP contribution in [0.5, 0.6) is 0 Å². The summed E-state index contributed by atoms with van der Waals surface area (Å²) in [5.74, 6) is 0.101. The molecule has 0 saturated heterocycles. The van der Waals surface area contributed by atoms with E-state index >= 15 is 0 Å². The Morgan fingerprint density at radius 3 is 1.68 bits per heavy atom. The van der Waals surface area contributed by atoms with E-state index in [-0.39, 0.29) is 16.7 Å². The van der Waals surface area contributed by atoms with E-state index in [2.05, 4.69) is 155 Å². The first-order valence-electron chi connectivity index (χ1n) is 15.7. The molecule has 0 aliphatic heterocycles. The highest BCUT2D eigenvalue weighted by Crippen LogP contribution is 2.52. The van der Waals surface area contributed by atoms with E-state index in [0.29, 0.717) is 0 Å². The second kappa shape index (κ2) is 8.83. The maximum atomic E-state index is 6.54. The number of rotatable bonds is 3. The van der Waals surface area contributed by atoms with Crippen molar-refractivity contribution in [1.82, 2.24) is 0 Å². The Balaban J connectivity index is 1.24. The van der Waals surface area contributed by atoms with Crippen molar-refractivity contribution in [1.29, 1.82) is 0 Å². The quantitative estimate of drug-likeness (QED) is 0.194. The summed E-state index contributed by atoms with van der Waals surface area (Å²) in [6.07, 6.45) is 0. The first-order chi connectivity index (χ1) is 21.3. The van der Waals surface area contributed by atoms with Gasteiger partial charge >= 0.3 is 0 Å². The lowest BCUT2D eigenvalue weighted by Crippen LogP contribution is -2.15. The number of hydrogen-bond acceptors (Lipinski definition) is 1. The van der Waals surface area contributed by atoms with Crippen LogP contribution in [0.15, 0.2) is 132 Å². The van der Waals surface area contributed by atoms with Gasteiger partial charge in [0, 0.05) is 27.5 Å². The summed E-state index contributed by atoms with van der Waals surface area (Å²) in [5, 5.41) is 2.36. The molecule has 0 radical (unpaired) electrons. The SMILES string of the molecule is CC1(C)c2ccccc2-c2ccc(C(c3ccccc3)c3ccc4oc5cc6c(cc5c4c3)-c3ccccc3C6(C)C)cc21. The molecule has 2 aliphatic rings. The Bertz CT molecular complexity index is 2280. The summed E-state index contributed by atoms with van der Waals surface area (Å²) in [7, 11) is 0. The first-order valence-corrected chi connectivity index (χ1v) is 15.7. The lowest BCUT2D eigenvalue weighted by Gasteiger charge is -2.24. The Kier molecular flexibility index (Phi) is 5.14. The molecule has 1 unspecified atom stereocenters. The summed E-state index contributed by atoms with van der Waals surface area (Å²) in [5.41, 5.74) is 16.6.